The lowest BCUT2D eigenvalue weighted by Crippen LogP contribution is -2.08. The Bertz CT molecular complexity index is 1370. The van der Waals surface area contributed by atoms with Crippen LogP contribution < -0.4 is 16.0 Å². The number of esters is 1. The highest BCUT2D eigenvalue weighted by atomic mass is 35.5. The fourth-order valence-corrected chi connectivity index (χ4v) is 3.58. The number of carbonyl (C=O) groups excluding carboxylic acids is 2. The maximum absolute atomic E-state index is 12.1. The number of amides is 1. The summed E-state index contributed by atoms with van der Waals surface area (Å²) < 4.78 is 4.87. The largest absolute Gasteiger partial charge is 0.465 e. The van der Waals surface area contributed by atoms with Gasteiger partial charge in [-0.3, -0.25) is 4.79 Å². The first-order chi connectivity index (χ1) is 15.9. The molecule has 0 aliphatic rings. The van der Waals surface area contributed by atoms with E-state index in [1.54, 1.807) is 12.1 Å². The first-order valence-corrected chi connectivity index (χ1v) is 10.4. The van der Waals surface area contributed by atoms with Crippen molar-refractivity contribution in [1.82, 2.24) is 15.0 Å². The van der Waals surface area contributed by atoms with Crippen molar-refractivity contribution in [2.75, 3.05) is 23.1 Å². The van der Waals surface area contributed by atoms with E-state index in [9.17, 15) is 9.59 Å². The van der Waals surface area contributed by atoms with Gasteiger partial charge in [-0.15, -0.1) is 0 Å². The molecule has 1 amide bonds. The van der Waals surface area contributed by atoms with Gasteiger partial charge in [-0.05, 0) is 37.3 Å². The molecule has 0 radical (unpaired) electrons. The summed E-state index contributed by atoms with van der Waals surface area (Å²) in [6.45, 7) is 3.26. The van der Waals surface area contributed by atoms with Crippen molar-refractivity contribution in [2.24, 2.45) is 0 Å². The highest BCUT2D eigenvalue weighted by Gasteiger charge is 2.17. The molecule has 0 unspecified atom stereocenters. The Morgan fingerprint density at radius 3 is 2.58 bits per heavy atom. The molecular weight excluding hydrogens is 444 g/mol. The van der Waals surface area contributed by atoms with E-state index in [4.69, 9.17) is 16.3 Å². The van der Waals surface area contributed by atoms with Gasteiger partial charge in [0.05, 0.1) is 30.2 Å². The molecule has 4 rings (SSSR count). The van der Waals surface area contributed by atoms with E-state index >= 15 is 0 Å². The number of nitrogens with one attached hydrogen (secondary N) is 4. The summed E-state index contributed by atoms with van der Waals surface area (Å²) in [4.78, 5) is 35.5. The van der Waals surface area contributed by atoms with E-state index in [1.807, 2.05) is 37.3 Å². The van der Waals surface area contributed by atoms with E-state index < -0.39 is 5.97 Å². The number of para-hydroxylation sites is 2. The van der Waals surface area contributed by atoms with Crippen LogP contribution in [0.25, 0.3) is 10.9 Å². The fourth-order valence-electron chi connectivity index (χ4n) is 3.44. The second kappa shape index (κ2) is 9.17. The van der Waals surface area contributed by atoms with Gasteiger partial charge in [-0.2, -0.15) is 4.98 Å². The highest BCUT2D eigenvalue weighted by molar-refractivity contribution is 6.33. The third-order valence-corrected chi connectivity index (χ3v) is 5.14. The van der Waals surface area contributed by atoms with Crippen molar-refractivity contribution in [2.45, 2.75) is 13.8 Å². The lowest BCUT2D eigenvalue weighted by atomic mass is 10.1. The summed E-state index contributed by atoms with van der Waals surface area (Å²) >= 11 is 6.30. The van der Waals surface area contributed by atoms with Crippen LogP contribution in [0.2, 0.25) is 5.02 Å². The SMILES string of the molecule is COC(=O)c1c(C)[nH]c2cc(Nc3ncc(Cl)c(Nc4ccccc4NC(C)=O)n3)ccc12. The molecular formula is C23H21ClN6O3. The van der Waals surface area contributed by atoms with Gasteiger partial charge in [-0.25, -0.2) is 9.78 Å². The van der Waals surface area contributed by atoms with Crippen LogP contribution in [0, 0.1) is 6.92 Å². The Balaban J connectivity index is 1.61. The van der Waals surface area contributed by atoms with Crippen LogP contribution in [0.15, 0.2) is 48.7 Å². The summed E-state index contributed by atoms with van der Waals surface area (Å²) in [7, 11) is 1.36. The second-order valence-electron chi connectivity index (χ2n) is 7.24. The molecule has 9 nitrogen and oxygen atoms in total. The zero-order valence-electron chi connectivity index (χ0n) is 18.1. The van der Waals surface area contributed by atoms with Gasteiger partial charge in [-0.1, -0.05) is 23.7 Å². The lowest BCUT2D eigenvalue weighted by Gasteiger charge is -2.13. The number of halogens is 1. The van der Waals surface area contributed by atoms with Crippen LogP contribution in [0.1, 0.15) is 23.0 Å². The van der Waals surface area contributed by atoms with E-state index in [0.29, 0.717) is 39.4 Å². The number of nitrogens with zero attached hydrogens (tertiary/aromatic N) is 2. The molecule has 2 heterocycles. The first-order valence-electron chi connectivity index (χ1n) is 9.99. The zero-order valence-corrected chi connectivity index (χ0v) is 18.9. The number of fused-ring (bicyclic) bond motifs is 1. The van der Waals surface area contributed by atoms with Crippen molar-refractivity contribution in [3.8, 4) is 0 Å². The van der Waals surface area contributed by atoms with Crippen molar-refractivity contribution in [3.05, 3.63) is 64.9 Å². The van der Waals surface area contributed by atoms with Crippen LogP contribution >= 0.6 is 11.6 Å². The van der Waals surface area contributed by atoms with E-state index in [0.717, 1.165) is 16.6 Å². The number of hydrogen-bond acceptors (Lipinski definition) is 7. The van der Waals surface area contributed by atoms with Crippen LogP contribution in [0.3, 0.4) is 0 Å². The minimum atomic E-state index is -0.393. The fraction of sp³-hybridized carbons (Fsp3) is 0.130. The summed E-state index contributed by atoms with van der Waals surface area (Å²) in [6.07, 6.45) is 1.48. The van der Waals surface area contributed by atoms with Gasteiger partial charge >= 0.3 is 5.97 Å². The number of methoxy groups -OCH3 is 1. The zero-order chi connectivity index (χ0) is 23.5. The molecule has 0 saturated heterocycles. The Hall–Kier alpha value is -4.11. The number of hydrogen-bond donors (Lipinski definition) is 4. The number of carbonyl (C=O) groups is 2. The monoisotopic (exact) mass is 464 g/mol. The van der Waals surface area contributed by atoms with Crippen LogP contribution in [0.4, 0.5) is 28.8 Å². The number of rotatable bonds is 6. The number of ether oxygens (including phenoxy) is 1. The predicted molar refractivity (Wildman–Crippen MR) is 129 cm³/mol. The molecule has 0 bridgehead atoms. The Morgan fingerprint density at radius 2 is 1.85 bits per heavy atom. The molecule has 10 heteroatoms. The molecule has 4 aromatic rings. The molecule has 4 N–H and O–H groups in total. The number of aryl methyl sites for hydroxylation is 1. The average molecular weight is 465 g/mol. The van der Waals surface area contributed by atoms with Gasteiger partial charge in [0.25, 0.3) is 0 Å². The molecule has 2 aromatic carbocycles. The molecule has 0 spiro atoms. The third kappa shape index (κ3) is 4.73. The maximum atomic E-state index is 12.1. The van der Waals surface area contributed by atoms with E-state index in [2.05, 4.69) is 30.9 Å². The van der Waals surface area contributed by atoms with Crippen LogP contribution in [0.5, 0.6) is 0 Å². The van der Waals surface area contributed by atoms with E-state index in [1.165, 1.54) is 20.2 Å². The van der Waals surface area contributed by atoms with Gasteiger partial charge in [0, 0.05) is 29.2 Å². The normalized spacial score (nSPS) is 10.7. The third-order valence-electron chi connectivity index (χ3n) is 4.87. The maximum Gasteiger partial charge on any atom is 0.340 e. The average Bonchev–Trinajstić information content (AvgIpc) is 3.11. The van der Waals surface area contributed by atoms with Gasteiger partial charge in [0.1, 0.15) is 5.02 Å². The standard InChI is InChI=1S/C23H21ClN6O3/c1-12-20(22(32)33-3)15-9-8-14(10-19(15)26-12)28-23-25-11-16(24)21(30-23)29-18-7-5-4-6-17(18)27-13(2)31/h4-11,26H,1-3H3,(H,27,31)(H2,25,28,29,30). The number of benzene rings is 2. The van der Waals surface area contributed by atoms with Crippen molar-refractivity contribution >= 4 is 63.2 Å². The first kappa shape index (κ1) is 22.1. The molecule has 0 saturated carbocycles. The molecule has 168 valence electrons. The van der Waals surface area contributed by atoms with Crippen LogP contribution in [-0.4, -0.2) is 33.9 Å². The number of aromatic amines is 1. The second-order valence-corrected chi connectivity index (χ2v) is 7.65. The Morgan fingerprint density at radius 1 is 1.09 bits per heavy atom. The molecule has 0 atom stereocenters. The number of anilines is 5. The lowest BCUT2D eigenvalue weighted by molar-refractivity contribution is -0.114. The molecule has 2 aromatic heterocycles. The van der Waals surface area contributed by atoms with E-state index in [-0.39, 0.29) is 5.91 Å². The highest BCUT2D eigenvalue weighted by Crippen LogP contribution is 2.30. The van der Waals surface area contributed by atoms with Gasteiger partial charge in [0.15, 0.2) is 5.82 Å². The van der Waals surface area contributed by atoms with Crippen LogP contribution in [-0.2, 0) is 9.53 Å². The van der Waals surface area contributed by atoms with Gasteiger partial charge in [0.2, 0.25) is 11.9 Å². The van der Waals surface area contributed by atoms with Crippen molar-refractivity contribution in [1.29, 1.82) is 0 Å². The minimum Gasteiger partial charge on any atom is -0.465 e. The van der Waals surface area contributed by atoms with Crippen molar-refractivity contribution in [3.63, 3.8) is 0 Å². The predicted octanol–water partition coefficient (Wildman–Crippen LogP) is 5.15. The molecule has 0 fully saturated rings. The van der Waals surface area contributed by atoms with Crippen molar-refractivity contribution < 1.29 is 14.3 Å². The molecule has 33 heavy (non-hydrogen) atoms. The Kier molecular flexibility index (Phi) is 6.14. The number of H-pyrrole nitrogens is 1. The summed E-state index contributed by atoms with van der Waals surface area (Å²) in [5, 5.41) is 10.1. The number of aromatic nitrogens is 3. The smallest absolute Gasteiger partial charge is 0.340 e. The summed E-state index contributed by atoms with van der Waals surface area (Å²) in [6, 6.07) is 12.7. The topological polar surface area (TPSA) is 121 Å². The quantitative estimate of drug-likeness (QED) is 0.291. The summed E-state index contributed by atoms with van der Waals surface area (Å²) in [5.74, 6) is 0.105. The molecule has 0 aliphatic carbocycles. The Labute approximate surface area is 194 Å². The van der Waals surface area contributed by atoms with Gasteiger partial charge < -0.3 is 25.7 Å². The summed E-state index contributed by atoms with van der Waals surface area (Å²) in [5.41, 5.74) is 3.95. The minimum absolute atomic E-state index is 0.189. The molecule has 0 aliphatic heterocycles.